The van der Waals surface area contributed by atoms with Gasteiger partial charge in [-0.05, 0) is 37.5 Å². The summed E-state index contributed by atoms with van der Waals surface area (Å²) in [6, 6.07) is 3.86. The molecule has 1 aromatic rings. The molecule has 1 unspecified atom stereocenters. The molecule has 132 valence electrons. The molecule has 2 N–H and O–H groups in total. The summed E-state index contributed by atoms with van der Waals surface area (Å²) in [5, 5.41) is 5.16. The lowest BCUT2D eigenvalue weighted by atomic mass is 10.1. The van der Waals surface area contributed by atoms with Gasteiger partial charge in [-0.2, -0.15) is 13.2 Å². The molecule has 2 rings (SSSR count). The molecule has 1 atom stereocenters. The zero-order valence-corrected chi connectivity index (χ0v) is 13.2. The van der Waals surface area contributed by atoms with Gasteiger partial charge in [0.05, 0.1) is 5.69 Å². The average molecular weight is 344 g/mol. The number of hydrogen-bond donors (Lipinski definition) is 2. The Morgan fingerprint density at radius 3 is 2.83 bits per heavy atom. The molecule has 0 spiro atoms. The Labute approximate surface area is 137 Å². The molecule has 0 aliphatic carbocycles. The Hall–Kier alpha value is -2.25. The normalized spacial score (nSPS) is 18.5. The molecule has 1 aromatic carbocycles. The summed E-state index contributed by atoms with van der Waals surface area (Å²) < 4.78 is 41.9. The minimum Gasteiger partial charge on any atom is -0.482 e. The smallest absolute Gasteiger partial charge is 0.422 e. The van der Waals surface area contributed by atoms with Gasteiger partial charge in [0.25, 0.3) is 0 Å². The van der Waals surface area contributed by atoms with Gasteiger partial charge in [-0.15, -0.1) is 0 Å². The maximum Gasteiger partial charge on any atom is 0.422 e. The average Bonchev–Trinajstić information content (AvgIpc) is 2.71. The van der Waals surface area contributed by atoms with Gasteiger partial charge in [-0.1, -0.05) is 12.5 Å². The minimum absolute atomic E-state index is 0.0550. The third kappa shape index (κ3) is 5.43. The van der Waals surface area contributed by atoms with Crippen LogP contribution in [0, 0.1) is 6.92 Å². The summed E-state index contributed by atoms with van der Waals surface area (Å²) in [5.74, 6) is -0.725. The fourth-order valence-corrected chi connectivity index (χ4v) is 2.40. The number of rotatable bonds is 4. The van der Waals surface area contributed by atoms with E-state index in [0.717, 1.165) is 6.42 Å². The molecule has 1 heterocycles. The van der Waals surface area contributed by atoms with Crippen LogP contribution in [0.1, 0.15) is 31.2 Å². The predicted molar refractivity (Wildman–Crippen MR) is 81.8 cm³/mol. The molecule has 1 fully saturated rings. The third-order valence-electron chi connectivity index (χ3n) is 3.58. The number of alkyl halides is 3. The van der Waals surface area contributed by atoms with Crippen LogP contribution in [-0.4, -0.2) is 30.6 Å². The van der Waals surface area contributed by atoms with Crippen LogP contribution in [0.2, 0.25) is 0 Å². The Kier molecular flexibility index (Phi) is 5.69. The first-order valence-corrected chi connectivity index (χ1v) is 7.65. The van der Waals surface area contributed by atoms with E-state index >= 15 is 0 Å². The molecule has 1 saturated heterocycles. The zero-order chi connectivity index (χ0) is 17.7. The highest BCUT2D eigenvalue weighted by atomic mass is 19.4. The number of hydrogen-bond acceptors (Lipinski definition) is 3. The van der Waals surface area contributed by atoms with Gasteiger partial charge in [0.15, 0.2) is 6.61 Å². The van der Waals surface area contributed by atoms with Gasteiger partial charge in [-0.25, -0.2) is 0 Å². The van der Waals surface area contributed by atoms with E-state index in [0.29, 0.717) is 24.8 Å². The number of carbonyl (C=O) groups excluding carboxylic acids is 2. The molecule has 5 nitrogen and oxygen atoms in total. The molecule has 1 aliphatic rings. The van der Waals surface area contributed by atoms with Crippen LogP contribution in [0.15, 0.2) is 18.2 Å². The van der Waals surface area contributed by atoms with Gasteiger partial charge in [0, 0.05) is 6.42 Å². The lowest BCUT2D eigenvalue weighted by Crippen LogP contribution is -2.42. The molecule has 8 heteroatoms. The summed E-state index contributed by atoms with van der Waals surface area (Å²) in [6.45, 7) is 0.261. The first kappa shape index (κ1) is 18.1. The van der Waals surface area contributed by atoms with Crippen molar-refractivity contribution < 1.29 is 27.5 Å². The fourth-order valence-electron chi connectivity index (χ4n) is 2.40. The number of ether oxygens (including phenoxy) is 1. The van der Waals surface area contributed by atoms with E-state index < -0.39 is 24.7 Å². The summed E-state index contributed by atoms with van der Waals surface area (Å²) in [7, 11) is 0. The van der Waals surface area contributed by atoms with Crippen LogP contribution in [0.5, 0.6) is 5.75 Å². The van der Waals surface area contributed by atoms with Crippen molar-refractivity contribution in [1.29, 1.82) is 0 Å². The topological polar surface area (TPSA) is 67.4 Å². The van der Waals surface area contributed by atoms with Gasteiger partial charge in [-0.3, -0.25) is 9.59 Å². The molecule has 0 saturated carbocycles. The second kappa shape index (κ2) is 7.55. The van der Waals surface area contributed by atoms with Crippen molar-refractivity contribution in [2.45, 2.75) is 44.8 Å². The molecule has 1 aliphatic heterocycles. The molecule has 0 radical (unpaired) electrons. The van der Waals surface area contributed by atoms with E-state index in [1.54, 1.807) is 13.0 Å². The molecule has 0 bridgehead atoms. The van der Waals surface area contributed by atoms with Crippen molar-refractivity contribution in [3.05, 3.63) is 23.8 Å². The largest absolute Gasteiger partial charge is 0.482 e. The second-order valence-electron chi connectivity index (χ2n) is 5.76. The second-order valence-corrected chi connectivity index (χ2v) is 5.76. The van der Waals surface area contributed by atoms with Crippen molar-refractivity contribution in [3.8, 4) is 5.75 Å². The number of nitrogens with one attached hydrogen (secondary N) is 2. The number of anilines is 1. The summed E-state index contributed by atoms with van der Waals surface area (Å²) in [4.78, 5) is 23.8. The van der Waals surface area contributed by atoms with Crippen LogP contribution in [0.3, 0.4) is 0 Å². The van der Waals surface area contributed by atoms with Crippen LogP contribution < -0.4 is 15.4 Å². The Morgan fingerprint density at radius 2 is 2.12 bits per heavy atom. The molecule has 24 heavy (non-hydrogen) atoms. The molecular formula is C16H19F3N2O3. The Bertz CT molecular complexity index is 617. The van der Waals surface area contributed by atoms with Crippen molar-refractivity contribution in [3.63, 3.8) is 0 Å². The van der Waals surface area contributed by atoms with E-state index in [1.807, 2.05) is 0 Å². The monoisotopic (exact) mass is 344 g/mol. The van der Waals surface area contributed by atoms with E-state index in [9.17, 15) is 22.8 Å². The first-order chi connectivity index (χ1) is 11.2. The maximum absolute atomic E-state index is 12.4. The van der Waals surface area contributed by atoms with Crippen LogP contribution in [0.4, 0.5) is 18.9 Å². The minimum atomic E-state index is -4.47. The molecular weight excluding hydrogens is 325 g/mol. The van der Waals surface area contributed by atoms with E-state index in [-0.39, 0.29) is 17.3 Å². The summed E-state index contributed by atoms with van der Waals surface area (Å²) >= 11 is 0. The standard InChI is InChI=1S/C16H19F3N2O3/c1-10-6-7-11(13(8-10)24-9-16(17,18)19)21-15(23)12-4-2-3-5-14(22)20-12/h6-8,12H,2-5,9H2,1H3,(H,20,22)(H,21,23). The van der Waals surface area contributed by atoms with Gasteiger partial charge in [0.2, 0.25) is 11.8 Å². The van der Waals surface area contributed by atoms with Gasteiger partial charge in [0.1, 0.15) is 11.8 Å². The van der Waals surface area contributed by atoms with Gasteiger partial charge < -0.3 is 15.4 Å². The van der Waals surface area contributed by atoms with Crippen molar-refractivity contribution >= 4 is 17.5 Å². The summed E-state index contributed by atoms with van der Waals surface area (Å²) in [5.41, 5.74) is 0.848. The van der Waals surface area contributed by atoms with Crippen molar-refractivity contribution in [2.75, 3.05) is 11.9 Å². The first-order valence-electron chi connectivity index (χ1n) is 7.65. The quantitative estimate of drug-likeness (QED) is 0.882. The zero-order valence-electron chi connectivity index (χ0n) is 13.2. The van der Waals surface area contributed by atoms with E-state index in [2.05, 4.69) is 10.6 Å². The highest BCUT2D eigenvalue weighted by molar-refractivity contribution is 5.98. The highest BCUT2D eigenvalue weighted by Gasteiger charge is 2.29. The maximum atomic E-state index is 12.4. The Morgan fingerprint density at radius 1 is 1.38 bits per heavy atom. The van der Waals surface area contributed by atoms with Crippen molar-refractivity contribution in [2.24, 2.45) is 0 Å². The lowest BCUT2D eigenvalue weighted by Gasteiger charge is -2.18. The number of benzene rings is 1. The van der Waals surface area contributed by atoms with E-state index in [4.69, 9.17) is 4.74 Å². The van der Waals surface area contributed by atoms with E-state index in [1.165, 1.54) is 12.1 Å². The number of halogens is 3. The number of aryl methyl sites for hydroxylation is 1. The summed E-state index contributed by atoms with van der Waals surface area (Å²) in [6.07, 6.45) is -2.18. The fraction of sp³-hybridized carbons (Fsp3) is 0.500. The van der Waals surface area contributed by atoms with Gasteiger partial charge >= 0.3 is 6.18 Å². The lowest BCUT2D eigenvalue weighted by molar-refractivity contribution is -0.153. The predicted octanol–water partition coefficient (Wildman–Crippen LogP) is 2.93. The highest BCUT2D eigenvalue weighted by Crippen LogP contribution is 2.28. The third-order valence-corrected chi connectivity index (χ3v) is 3.58. The molecule has 0 aromatic heterocycles. The molecule has 2 amide bonds. The number of carbonyl (C=O) groups is 2. The van der Waals surface area contributed by atoms with Crippen LogP contribution >= 0.6 is 0 Å². The Balaban J connectivity index is 2.10. The van der Waals surface area contributed by atoms with Crippen LogP contribution in [0.25, 0.3) is 0 Å². The SMILES string of the molecule is Cc1ccc(NC(=O)C2CCCCC(=O)N2)c(OCC(F)(F)F)c1. The van der Waals surface area contributed by atoms with Crippen LogP contribution in [-0.2, 0) is 9.59 Å². The number of amides is 2. The van der Waals surface area contributed by atoms with Crippen molar-refractivity contribution in [1.82, 2.24) is 5.32 Å².